The zero-order valence-corrected chi connectivity index (χ0v) is 16.9. The third-order valence-corrected chi connectivity index (χ3v) is 5.04. The van der Waals surface area contributed by atoms with E-state index in [-0.39, 0.29) is 18.2 Å². The van der Waals surface area contributed by atoms with Gasteiger partial charge >= 0.3 is 18.4 Å². The molecule has 2 bridgehead atoms. The lowest BCUT2D eigenvalue weighted by atomic mass is 9.83. The molecule has 1 amide bonds. The number of hydrogen-bond acceptors (Lipinski definition) is 3. The van der Waals surface area contributed by atoms with Crippen LogP contribution in [-0.2, 0) is 4.74 Å². The molecular weight excluding hydrogens is 409 g/mol. The van der Waals surface area contributed by atoms with Crippen molar-refractivity contribution in [3.63, 3.8) is 0 Å². The Morgan fingerprint density at radius 3 is 2.20 bits per heavy atom. The summed E-state index contributed by atoms with van der Waals surface area (Å²) in [5.41, 5.74) is 1.00. The maximum absolute atomic E-state index is 13.1. The second-order valence-corrected chi connectivity index (χ2v) is 8.58. The molecule has 3 rings (SSSR count). The average Bonchev–Trinajstić information content (AvgIpc) is 2.58. The topological polar surface area (TPSA) is 38.8 Å². The van der Waals surface area contributed by atoms with Crippen molar-refractivity contribution in [1.29, 1.82) is 0 Å². The third-order valence-electron chi connectivity index (χ3n) is 5.04. The molecule has 0 spiro atoms. The molecule has 1 aromatic rings. The van der Waals surface area contributed by atoms with E-state index in [0.29, 0.717) is 12.0 Å². The van der Waals surface area contributed by atoms with Gasteiger partial charge in [0.1, 0.15) is 11.4 Å². The minimum absolute atomic E-state index is 0.0518. The summed E-state index contributed by atoms with van der Waals surface area (Å²) in [6.07, 6.45) is -6.37. The summed E-state index contributed by atoms with van der Waals surface area (Å²) >= 11 is 0. The highest BCUT2D eigenvalue weighted by Crippen LogP contribution is 2.40. The lowest BCUT2D eigenvalue weighted by molar-refractivity contribution is -0.360. The number of halogens is 5. The summed E-state index contributed by atoms with van der Waals surface area (Å²) in [7, 11) is 0. The van der Waals surface area contributed by atoms with E-state index < -0.39 is 23.6 Å². The van der Waals surface area contributed by atoms with E-state index in [1.165, 1.54) is 12.1 Å². The second-order valence-electron chi connectivity index (χ2n) is 8.58. The summed E-state index contributed by atoms with van der Waals surface area (Å²) in [6, 6.07) is 4.88. The number of carbonyl (C=O) groups excluding carboxylic acids is 1. The van der Waals surface area contributed by atoms with Crippen molar-refractivity contribution in [3.8, 4) is 5.75 Å². The SMILES string of the molecule is CC(C)(C)OC(=O)N1C2C=C(c3ccc(OC(F)(F)C(F)(F)F)cc3)CC1CCC2. The Hall–Kier alpha value is -2.32. The van der Waals surface area contributed by atoms with E-state index in [2.05, 4.69) is 4.74 Å². The Morgan fingerprint density at radius 1 is 1.03 bits per heavy atom. The largest absolute Gasteiger partial charge is 0.499 e. The molecule has 2 heterocycles. The fraction of sp³-hybridized carbons (Fsp3) is 0.571. The van der Waals surface area contributed by atoms with Crippen LogP contribution in [0.4, 0.5) is 26.7 Å². The second kappa shape index (κ2) is 7.74. The first-order chi connectivity index (χ1) is 13.8. The summed E-state index contributed by atoms with van der Waals surface area (Å²) in [6.45, 7) is 5.41. The predicted molar refractivity (Wildman–Crippen MR) is 100 cm³/mol. The molecule has 9 heteroatoms. The predicted octanol–water partition coefficient (Wildman–Crippen LogP) is 6.17. The highest BCUT2D eigenvalue weighted by molar-refractivity contribution is 5.75. The summed E-state index contributed by atoms with van der Waals surface area (Å²) in [5, 5.41) is 0. The van der Waals surface area contributed by atoms with Crippen LogP contribution in [-0.4, -0.2) is 41.0 Å². The molecular formula is C21H24F5NO3. The van der Waals surface area contributed by atoms with Crippen LogP contribution in [0, 0.1) is 0 Å². The lowest BCUT2D eigenvalue weighted by Crippen LogP contribution is -2.53. The van der Waals surface area contributed by atoms with Crippen LogP contribution in [0.1, 0.15) is 52.0 Å². The van der Waals surface area contributed by atoms with Crippen molar-refractivity contribution in [2.75, 3.05) is 0 Å². The highest BCUT2D eigenvalue weighted by atomic mass is 19.4. The van der Waals surface area contributed by atoms with Crippen LogP contribution in [0.2, 0.25) is 0 Å². The Bertz CT molecular complexity index is 811. The van der Waals surface area contributed by atoms with Gasteiger partial charge in [-0.25, -0.2) is 4.79 Å². The number of nitrogens with zero attached hydrogens (tertiary/aromatic N) is 1. The van der Waals surface area contributed by atoms with Crippen LogP contribution in [0.15, 0.2) is 30.3 Å². The number of ether oxygens (including phenoxy) is 2. The molecule has 1 aromatic carbocycles. The Kier molecular flexibility index (Phi) is 5.77. The van der Waals surface area contributed by atoms with E-state index >= 15 is 0 Å². The molecule has 2 unspecified atom stereocenters. The molecule has 2 atom stereocenters. The van der Waals surface area contributed by atoms with Crippen molar-refractivity contribution < 1.29 is 36.2 Å². The Labute approximate surface area is 171 Å². The first-order valence-electron chi connectivity index (χ1n) is 9.73. The van der Waals surface area contributed by atoms with Gasteiger partial charge in [-0.3, -0.25) is 4.90 Å². The van der Waals surface area contributed by atoms with E-state index in [1.807, 2.05) is 6.08 Å². The van der Waals surface area contributed by atoms with Gasteiger partial charge in [0.2, 0.25) is 0 Å². The number of rotatable bonds is 3. The van der Waals surface area contributed by atoms with Gasteiger partial charge in [-0.2, -0.15) is 22.0 Å². The standard InChI is InChI=1S/C21H24F5NO3/c1-19(2,3)30-18(28)27-15-5-4-6-16(27)12-14(11-15)13-7-9-17(10-8-13)29-21(25,26)20(22,23)24/h7-11,15-16H,4-6,12H2,1-3H3. The van der Waals surface area contributed by atoms with E-state index in [1.54, 1.807) is 25.7 Å². The number of benzene rings is 1. The number of amides is 1. The highest BCUT2D eigenvalue weighted by Gasteiger charge is 2.61. The van der Waals surface area contributed by atoms with Crippen molar-refractivity contribution in [2.45, 2.75) is 76.4 Å². The molecule has 1 saturated heterocycles. The number of piperidine rings is 1. The molecule has 0 radical (unpaired) electrons. The molecule has 30 heavy (non-hydrogen) atoms. The minimum atomic E-state index is -5.79. The van der Waals surface area contributed by atoms with Crippen molar-refractivity contribution in [3.05, 3.63) is 35.9 Å². The van der Waals surface area contributed by atoms with Gasteiger partial charge in [-0.15, -0.1) is 0 Å². The maximum Gasteiger partial charge on any atom is 0.499 e. The van der Waals surface area contributed by atoms with E-state index in [0.717, 1.165) is 37.0 Å². The molecule has 4 nitrogen and oxygen atoms in total. The fourth-order valence-corrected chi connectivity index (χ4v) is 3.79. The molecule has 0 aromatic heterocycles. The summed E-state index contributed by atoms with van der Waals surface area (Å²) < 4.78 is 72.4. The number of alkyl halides is 5. The summed E-state index contributed by atoms with van der Waals surface area (Å²) in [5.74, 6) is -0.576. The first-order valence-corrected chi connectivity index (χ1v) is 9.73. The zero-order valence-electron chi connectivity index (χ0n) is 16.9. The molecule has 0 saturated carbocycles. The van der Waals surface area contributed by atoms with Crippen LogP contribution in [0.25, 0.3) is 5.57 Å². The van der Waals surface area contributed by atoms with Crippen LogP contribution < -0.4 is 4.74 Å². The number of hydrogen-bond donors (Lipinski definition) is 0. The minimum Gasteiger partial charge on any atom is -0.444 e. The van der Waals surface area contributed by atoms with Crippen LogP contribution in [0.5, 0.6) is 5.75 Å². The van der Waals surface area contributed by atoms with Crippen molar-refractivity contribution in [2.24, 2.45) is 0 Å². The Balaban J connectivity index is 1.77. The van der Waals surface area contributed by atoms with Crippen LogP contribution >= 0.6 is 0 Å². The van der Waals surface area contributed by atoms with Gasteiger partial charge in [0, 0.05) is 6.04 Å². The third kappa shape index (κ3) is 4.87. The molecule has 0 aliphatic carbocycles. The smallest absolute Gasteiger partial charge is 0.444 e. The molecule has 2 aliphatic rings. The fourth-order valence-electron chi connectivity index (χ4n) is 3.79. The molecule has 1 fully saturated rings. The molecule has 166 valence electrons. The van der Waals surface area contributed by atoms with Crippen LogP contribution in [0.3, 0.4) is 0 Å². The van der Waals surface area contributed by atoms with Gasteiger partial charge in [0.15, 0.2) is 0 Å². The van der Waals surface area contributed by atoms with Gasteiger partial charge in [0.25, 0.3) is 0 Å². The van der Waals surface area contributed by atoms with E-state index in [9.17, 15) is 26.7 Å². The van der Waals surface area contributed by atoms with Gasteiger partial charge in [-0.05, 0) is 69.7 Å². The molecule has 2 aliphatic heterocycles. The Morgan fingerprint density at radius 2 is 1.67 bits per heavy atom. The normalized spacial score (nSPS) is 22.4. The number of fused-ring (bicyclic) bond motifs is 2. The lowest BCUT2D eigenvalue weighted by Gasteiger charge is -2.45. The first kappa shape index (κ1) is 22.4. The van der Waals surface area contributed by atoms with Gasteiger partial charge < -0.3 is 9.47 Å². The van der Waals surface area contributed by atoms with Crippen molar-refractivity contribution >= 4 is 11.7 Å². The number of carbonyl (C=O) groups is 1. The quantitative estimate of drug-likeness (QED) is 0.536. The van der Waals surface area contributed by atoms with Crippen molar-refractivity contribution in [1.82, 2.24) is 4.90 Å². The van der Waals surface area contributed by atoms with Gasteiger partial charge in [-0.1, -0.05) is 18.2 Å². The maximum atomic E-state index is 13.1. The monoisotopic (exact) mass is 433 g/mol. The van der Waals surface area contributed by atoms with E-state index in [4.69, 9.17) is 4.74 Å². The van der Waals surface area contributed by atoms with Gasteiger partial charge in [0.05, 0.1) is 6.04 Å². The molecule has 0 N–H and O–H groups in total. The zero-order chi connectivity index (χ0) is 22.3. The average molecular weight is 433 g/mol. The summed E-state index contributed by atoms with van der Waals surface area (Å²) in [4.78, 5) is 14.4.